The van der Waals surface area contributed by atoms with E-state index in [1.54, 1.807) is 24.3 Å². The highest BCUT2D eigenvalue weighted by atomic mass is 35.5. The molecule has 1 aliphatic rings. The number of nitrogens with one attached hydrogen (secondary N) is 2. The van der Waals surface area contributed by atoms with Crippen molar-refractivity contribution < 1.29 is 23.0 Å². The average molecular weight is 451 g/mol. The summed E-state index contributed by atoms with van der Waals surface area (Å²) in [4.78, 5) is 16.5. The Labute approximate surface area is 178 Å². The highest BCUT2D eigenvalue weighted by Crippen LogP contribution is 2.47. The summed E-state index contributed by atoms with van der Waals surface area (Å²) in [7, 11) is 0. The van der Waals surface area contributed by atoms with Gasteiger partial charge in [0.25, 0.3) is 5.91 Å². The maximum Gasteiger partial charge on any atom is 0.586 e. The van der Waals surface area contributed by atoms with Crippen LogP contribution in [-0.4, -0.2) is 17.2 Å². The highest BCUT2D eigenvalue weighted by Gasteiger charge is 2.44. The van der Waals surface area contributed by atoms with Gasteiger partial charge in [0.05, 0.1) is 5.02 Å². The predicted molar refractivity (Wildman–Crippen MR) is 105 cm³/mol. The predicted octanol–water partition coefficient (Wildman–Crippen LogP) is 6.29. The van der Waals surface area contributed by atoms with Crippen molar-refractivity contribution in [3.05, 3.63) is 64.1 Å². The lowest BCUT2D eigenvalue weighted by atomic mass is 10.1. The van der Waals surface area contributed by atoms with Crippen molar-refractivity contribution in [2.75, 3.05) is 5.32 Å². The third kappa shape index (κ3) is 3.89. The Kier molecular flexibility index (Phi) is 5.00. The normalized spacial score (nSPS) is 13.7. The summed E-state index contributed by atoms with van der Waals surface area (Å²) in [6.07, 6.45) is -3.79. The molecule has 7 nitrogen and oxygen atoms in total. The molecule has 0 fully saturated rings. The van der Waals surface area contributed by atoms with Crippen LogP contribution in [0.25, 0.3) is 11.1 Å². The Morgan fingerprint density at radius 2 is 1.70 bits per heavy atom. The highest BCUT2D eigenvalue weighted by molar-refractivity contribution is 6.33. The largest absolute Gasteiger partial charge is 0.586 e. The van der Waals surface area contributed by atoms with Gasteiger partial charge in [0, 0.05) is 27.8 Å². The third-order valence-corrected chi connectivity index (χ3v) is 4.67. The number of hydrogen-bond donors (Lipinski definition) is 2. The van der Waals surface area contributed by atoms with E-state index in [2.05, 4.69) is 24.9 Å². The Bertz CT molecular complexity index is 1170. The van der Waals surface area contributed by atoms with Crippen LogP contribution >= 0.6 is 23.2 Å². The van der Waals surface area contributed by atoms with Gasteiger partial charge in [0.15, 0.2) is 17.3 Å². The number of amides is 1. The maximum atomic E-state index is 13.3. The Morgan fingerprint density at radius 3 is 2.37 bits per heavy atom. The number of carbonyl (C=O) groups is 1. The van der Waals surface area contributed by atoms with Gasteiger partial charge < -0.3 is 14.8 Å². The molecule has 0 unspecified atom stereocenters. The second kappa shape index (κ2) is 7.51. The van der Waals surface area contributed by atoms with Gasteiger partial charge >= 0.3 is 6.29 Å². The number of anilines is 1. The maximum absolute atomic E-state index is 13.3. The van der Waals surface area contributed by atoms with E-state index in [1.165, 1.54) is 24.3 Å². The van der Waals surface area contributed by atoms with Crippen LogP contribution in [0.3, 0.4) is 0 Å². The van der Waals surface area contributed by atoms with Crippen molar-refractivity contribution in [2.45, 2.75) is 6.29 Å². The van der Waals surface area contributed by atoms with Crippen LogP contribution in [-0.2, 0) is 0 Å². The van der Waals surface area contributed by atoms with Gasteiger partial charge in [0.2, 0.25) is 0 Å². The van der Waals surface area contributed by atoms with Crippen LogP contribution < -0.4 is 14.8 Å². The van der Waals surface area contributed by atoms with E-state index in [1.807, 2.05) is 0 Å². The molecule has 2 aromatic carbocycles. The SMILES string of the molecule is N=Nc1nc(NC(=O)c2ccc(Cl)cc2)ccc1-c1cc2c(cc1Cl)OC(F)(F)O2. The first-order valence-electron chi connectivity index (χ1n) is 8.31. The van der Waals surface area contributed by atoms with Crippen molar-refractivity contribution in [3.63, 3.8) is 0 Å². The molecule has 152 valence electrons. The minimum absolute atomic E-state index is 0.0692. The first-order valence-corrected chi connectivity index (χ1v) is 9.06. The molecule has 0 saturated carbocycles. The lowest BCUT2D eigenvalue weighted by molar-refractivity contribution is -0.286. The Balaban J connectivity index is 1.64. The molecule has 0 saturated heterocycles. The zero-order chi connectivity index (χ0) is 21.5. The van der Waals surface area contributed by atoms with Crippen molar-refractivity contribution in [1.29, 1.82) is 5.53 Å². The summed E-state index contributed by atoms with van der Waals surface area (Å²) in [6.45, 7) is 0. The van der Waals surface area contributed by atoms with E-state index in [4.69, 9.17) is 28.7 Å². The summed E-state index contributed by atoms with van der Waals surface area (Å²) in [5, 5.41) is 6.50. The number of aromatic nitrogens is 1. The number of carbonyl (C=O) groups excluding carboxylic acids is 1. The topological polar surface area (TPSA) is 96.7 Å². The van der Waals surface area contributed by atoms with E-state index in [9.17, 15) is 13.6 Å². The molecular weight excluding hydrogens is 441 g/mol. The van der Waals surface area contributed by atoms with Crippen LogP contribution in [0.1, 0.15) is 10.4 Å². The minimum atomic E-state index is -3.79. The average Bonchev–Trinajstić information content (AvgIpc) is 3.00. The van der Waals surface area contributed by atoms with Crippen LogP contribution in [0.2, 0.25) is 10.0 Å². The smallest absolute Gasteiger partial charge is 0.395 e. The van der Waals surface area contributed by atoms with E-state index in [0.29, 0.717) is 10.6 Å². The van der Waals surface area contributed by atoms with Crippen LogP contribution in [0.5, 0.6) is 11.5 Å². The number of rotatable bonds is 4. The van der Waals surface area contributed by atoms with Gasteiger partial charge in [-0.2, -0.15) is 0 Å². The van der Waals surface area contributed by atoms with Gasteiger partial charge in [-0.25, -0.2) is 10.5 Å². The summed E-state index contributed by atoms with van der Waals surface area (Å²) < 4.78 is 35.4. The molecule has 30 heavy (non-hydrogen) atoms. The van der Waals surface area contributed by atoms with E-state index in [0.717, 1.165) is 0 Å². The first-order chi connectivity index (χ1) is 14.3. The molecule has 0 atom stereocenters. The standard InChI is InChI=1S/C19H10Cl2F2N4O3/c20-10-3-1-9(2-4-10)18(28)26-16-6-5-11(17(25-16)27-24)12-7-14-15(8-13(12)21)30-19(22,23)29-14/h1-8,24H,(H,25,26,28). The van der Waals surface area contributed by atoms with Gasteiger partial charge in [-0.05, 0) is 42.5 Å². The number of alkyl halides is 2. The molecule has 0 bridgehead atoms. The molecule has 1 aliphatic heterocycles. The lowest BCUT2D eigenvalue weighted by Crippen LogP contribution is -2.25. The number of pyridine rings is 1. The number of nitrogens with zero attached hydrogens (tertiary/aromatic N) is 2. The van der Waals surface area contributed by atoms with Crippen molar-refractivity contribution in [2.24, 2.45) is 5.11 Å². The zero-order valence-corrected chi connectivity index (χ0v) is 16.3. The van der Waals surface area contributed by atoms with Crippen molar-refractivity contribution >= 4 is 40.7 Å². The fourth-order valence-corrected chi connectivity index (χ4v) is 3.16. The Hall–Kier alpha value is -3.30. The molecule has 2 heterocycles. The number of hydrogen-bond acceptors (Lipinski definition) is 6. The molecule has 1 aromatic heterocycles. The number of benzene rings is 2. The molecule has 1 amide bonds. The van der Waals surface area contributed by atoms with E-state index < -0.39 is 12.2 Å². The quantitative estimate of drug-likeness (QED) is 0.456. The summed E-state index contributed by atoms with van der Waals surface area (Å²) in [5.41, 5.74) is 8.29. The van der Waals surface area contributed by atoms with E-state index >= 15 is 0 Å². The zero-order valence-electron chi connectivity index (χ0n) is 14.7. The molecular formula is C19H10Cl2F2N4O3. The van der Waals surface area contributed by atoms with Crippen molar-refractivity contribution in [3.8, 4) is 22.6 Å². The first kappa shape index (κ1) is 20.0. The molecule has 0 radical (unpaired) electrons. The number of ether oxygens (including phenoxy) is 2. The second-order valence-corrected chi connectivity index (χ2v) is 6.93. The second-order valence-electron chi connectivity index (χ2n) is 6.09. The minimum Gasteiger partial charge on any atom is -0.395 e. The van der Waals surface area contributed by atoms with Gasteiger partial charge in [-0.1, -0.05) is 23.2 Å². The fraction of sp³-hybridized carbons (Fsp3) is 0.0526. The summed E-state index contributed by atoms with van der Waals surface area (Å²) in [5.74, 6) is -0.816. The molecule has 4 rings (SSSR count). The molecule has 3 aromatic rings. The molecule has 0 aliphatic carbocycles. The van der Waals surface area contributed by atoms with Gasteiger partial charge in [-0.15, -0.1) is 13.9 Å². The monoisotopic (exact) mass is 450 g/mol. The Morgan fingerprint density at radius 1 is 1.03 bits per heavy atom. The fourth-order valence-electron chi connectivity index (χ4n) is 2.78. The molecule has 0 spiro atoms. The van der Waals surface area contributed by atoms with Crippen LogP contribution in [0.15, 0.2) is 53.6 Å². The lowest BCUT2D eigenvalue weighted by Gasteiger charge is -2.10. The third-order valence-electron chi connectivity index (χ3n) is 4.11. The van der Waals surface area contributed by atoms with Crippen LogP contribution in [0.4, 0.5) is 20.4 Å². The van der Waals surface area contributed by atoms with Gasteiger partial charge in [0.1, 0.15) is 5.82 Å². The molecule has 2 N–H and O–H groups in total. The number of fused-ring (bicyclic) bond motifs is 1. The van der Waals surface area contributed by atoms with Gasteiger partial charge in [-0.3, -0.25) is 4.79 Å². The summed E-state index contributed by atoms with van der Waals surface area (Å²) >= 11 is 12.0. The van der Waals surface area contributed by atoms with Crippen LogP contribution in [0, 0.1) is 5.53 Å². The number of halogens is 4. The summed E-state index contributed by atoms with van der Waals surface area (Å²) in [6, 6.07) is 11.6. The van der Waals surface area contributed by atoms with Crippen molar-refractivity contribution in [1.82, 2.24) is 4.98 Å². The molecule has 11 heteroatoms. The van der Waals surface area contributed by atoms with E-state index in [-0.39, 0.29) is 39.3 Å².